The highest BCUT2D eigenvalue weighted by Gasteiger charge is 2.15. The number of carbonyl (C=O) groups excluding carboxylic acids is 1. The van der Waals surface area contributed by atoms with E-state index in [2.05, 4.69) is 11.7 Å². The molecule has 0 amide bonds. The van der Waals surface area contributed by atoms with Crippen molar-refractivity contribution in [1.29, 1.82) is 0 Å². The average Bonchev–Trinajstić information content (AvgIpc) is 2.15. The number of ether oxygens (including phenoxy) is 2. The maximum Gasteiger partial charge on any atom is 0.518 e. The van der Waals surface area contributed by atoms with E-state index in [-0.39, 0.29) is 6.10 Å². The maximum absolute atomic E-state index is 10.8. The summed E-state index contributed by atoms with van der Waals surface area (Å²) in [6.45, 7) is 3.96. The molecule has 1 N–H and O–H groups in total. The van der Waals surface area contributed by atoms with Crippen molar-refractivity contribution in [3.8, 4) is 0 Å². The minimum absolute atomic E-state index is 0.247. The first-order valence-electron chi connectivity index (χ1n) is 5.21. The van der Waals surface area contributed by atoms with E-state index in [1.807, 2.05) is 6.92 Å². The van der Waals surface area contributed by atoms with Crippen molar-refractivity contribution in [2.75, 3.05) is 0 Å². The summed E-state index contributed by atoms with van der Waals surface area (Å²) in [5.41, 5.74) is 0. The molecular formula is C10H18O5. The molecule has 0 radical (unpaired) electrons. The lowest BCUT2D eigenvalue weighted by molar-refractivity contribution is 0.0238. The monoisotopic (exact) mass is 218 g/mol. The summed E-state index contributed by atoms with van der Waals surface area (Å²) in [6.07, 6.45) is 1.54. The average molecular weight is 218 g/mol. The first kappa shape index (κ1) is 13.7. The van der Waals surface area contributed by atoms with Gasteiger partial charge in [0.05, 0.1) is 0 Å². The topological polar surface area (TPSA) is 72.8 Å². The summed E-state index contributed by atoms with van der Waals surface area (Å²) in [5.74, 6) is 0. The second kappa shape index (κ2) is 8.08. The molecule has 0 bridgehead atoms. The lowest BCUT2D eigenvalue weighted by Gasteiger charge is -2.14. The Kier molecular flexibility index (Phi) is 7.40. The third-order valence-corrected chi connectivity index (χ3v) is 2.02. The van der Waals surface area contributed by atoms with E-state index in [1.165, 1.54) is 0 Å². The van der Waals surface area contributed by atoms with Crippen LogP contribution in [0.5, 0.6) is 0 Å². The van der Waals surface area contributed by atoms with Crippen molar-refractivity contribution in [2.24, 2.45) is 0 Å². The largest absolute Gasteiger partial charge is 0.518 e. The van der Waals surface area contributed by atoms with Gasteiger partial charge < -0.3 is 14.6 Å². The number of hydrogen-bond donors (Lipinski definition) is 1. The summed E-state index contributed by atoms with van der Waals surface area (Å²) in [5, 5.41) is 8.16. The fourth-order valence-corrected chi connectivity index (χ4v) is 1.20. The maximum atomic E-state index is 10.8. The van der Waals surface area contributed by atoms with Crippen LogP contribution in [-0.4, -0.2) is 23.5 Å². The molecule has 0 aliphatic carbocycles. The van der Waals surface area contributed by atoms with E-state index in [9.17, 15) is 9.59 Å². The van der Waals surface area contributed by atoms with Crippen LogP contribution in [-0.2, 0) is 9.47 Å². The highest BCUT2D eigenvalue weighted by molar-refractivity contribution is 5.75. The van der Waals surface area contributed by atoms with Gasteiger partial charge in [0.15, 0.2) is 0 Å². The third kappa shape index (κ3) is 7.78. The van der Waals surface area contributed by atoms with Gasteiger partial charge in [0.1, 0.15) is 6.10 Å². The number of unbranched alkanes of at least 4 members (excludes halogenated alkanes) is 2. The molecule has 15 heavy (non-hydrogen) atoms. The predicted molar refractivity (Wildman–Crippen MR) is 53.8 cm³/mol. The SMILES string of the molecule is CCCCCC(CC)OC(=O)OC(=O)O. The van der Waals surface area contributed by atoms with Crippen molar-refractivity contribution >= 4 is 12.3 Å². The first-order chi connectivity index (χ1) is 7.10. The molecule has 88 valence electrons. The lowest BCUT2D eigenvalue weighted by Crippen LogP contribution is -2.20. The second-order valence-electron chi connectivity index (χ2n) is 3.26. The van der Waals surface area contributed by atoms with Crippen LogP contribution < -0.4 is 0 Å². The zero-order chi connectivity index (χ0) is 11.7. The number of carboxylic acid groups (broad SMARTS) is 1. The van der Waals surface area contributed by atoms with Crippen LogP contribution in [0.15, 0.2) is 0 Å². The Morgan fingerprint density at radius 3 is 2.40 bits per heavy atom. The van der Waals surface area contributed by atoms with Gasteiger partial charge in [-0.3, -0.25) is 0 Å². The Balaban J connectivity index is 3.77. The van der Waals surface area contributed by atoms with Crippen LogP contribution in [0, 0.1) is 0 Å². The van der Waals surface area contributed by atoms with Crippen LogP contribution in [0.3, 0.4) is 0 Å². The molecule has 0 heterocycles. The van der Waals surface area contributed by atoms with Crippen LogP contribution in [0.4, 0.5) is 9.59 Å². The van der Waals surface area contributed by atoms with Crippen molar-refractivity contribution in [3.63, 3.8) is 0 Å². The quantitative estimate of drug-likeness (QED) is 0.421. The van der Waals surface area contributed by atoms with Crippen molar-refractivity contribution in [1.82, 2.24) is 0 Å². The van der Waals surface area contributed by atoms with E-state index >= 15 is 0 Å². The van der Waals surface area contributed by atoms with Gasteiger partial charge in [-0.25, -0.2) is 9.59 Å². The molecule has 1 unspecified atom stereocenters. The molecule has 0 aromatic carbocycles. The normalized spacial score (nSPS) is 11.9. The molecule has 0 aliphatic rings. The Morgan fingerprint density at radius 1 is 1.27 bits per heavy atom. The molecule has 0 aromatic heterocycles. The molecule has 0 aliphatic heterocycles. The van der Waals surface area contributed by atoms with Gasteiger partial charge in [0.25, 0.3) is 0 Å². The van der Waals surface area contributed by atoms with Gasteiger partial charge in [-0.15, -0.1) is 0 Å². The Morgan fingerprint density at radius 2 is 1.93 bits per heavy atom. The van der Waals surface area contributed by atoms with Crippen molar-refractivity contribution in [2.45, 2.75) is 52.1 Å². The van der Waals surface area contributed by atoms with Gasteiger partial charge in [-0.2, -0.15) is 0 Å². The van der Waals surface area contributed by atoms with E-state index in [0.29, 0.717) is 6.42 Å². The molecule has 0 saturated carbocycles. The zero-order valence-corrected chi connectivity index (χ0v) is 9.19. The molecule has 0 fully saturated rings. The fraction of sp³-hybridized carbons (Fsp3) is 0.800. The lowest BCUT2D eigenvalue weighted by atomic mass is 10.1. The summed E-state index contributed by atoms with van der Waals surface area (Å²) in [4.78, 5) is 20.8. The minimum atomic E-state index is -1.64. The molecule has 5 nitrogen and oxygen atoms in total. The fourth-order valence-electron chi connectivity index (χ4n) is 1.20. The smallest absolute Gasteiger partial charge is 0.449 e. The van der Waals surface area contributed by atoms with E-state index in [1.54, 1.807) is 0 Å². The minimum Gasteiger partial charge on any atom is -0.449 e. The Hall–Kier alpha value is -1.26. The first-order valence-corrected chi connectivity index (χ1v) is 5.21. The van der Waals surface area contributed by atoms with Crippen LogP contribution in [0.25, 0.3) is 0 Å². The standard InChI is InChI=1S/C10H18O5/c1-3-5-6-7-8(4-2)14-10(13)15-9(11)12/h8H,3-7H2,1-2H3,(H,11,12). The summed E-state index contributed by atoms with van der Waals surface area (Å²) < 4.78 is 8.66. The van der Waals surface area contributed by atoms with Crippen molar-refractivity contribution in [3.05, 3.63) is 0 Å². The van der Waals surface area contributed by atoms with Gasteiger partial charge in [-0.1, -0.05) is 26.7 Å². The van der Waals surface area contributed by atoms with Gasteiger partial charge in [-0.05, 0) is 19.3 Å². The number of rotatable bonds is 6. The van der Waals surface area contributed by atoms with Crippen LogP contribution in [0.2, 0.25) is 0 Å². The highest BCUT2D eigenvalue weighted by Crippen LogP contribution is 2.10. The molecule has 0 spiro atoms. The third-order valence-electron chi connectivity index (χ3n) is 2.02. The van der Waals surface area contributed by atoms with E-state index in [0.717, 1.165) is 25.7 Å². The van der Waals surface area contributed by atoms with Gasteiger partial charge >= 0.3 is 12.3 Å². The molecule has 0 rings (SSSR count). The number of carbonyl (C=O) groups is 2. The molecule has 0 saturated heterocycles. The molecule has 1 atom stereocenters. The van der Waals surface area contributed by atoms with E-state index < -0.39 is 12.3 Å². The van der Waals surface area contributed by atoms with Crippen LogP contribution in [0.1, 0.15) is 46.0 Å². The zero-order valence-electron chi connectivity index (χ0n) is 9.19. The van der Waals surface area contributed by atoms with Crippen LogP contribution >= 0.6 is 0 Å². The van der Waals surface area contributed by atoms with Crippen molar-refractivity contribution < 1.29 is 24.2 Å². The molecule has 5 heteroatoms. The molecular weight excluding hydrogens is 200 g/mol. The van der Waals surface area contributed by atoms with Gasteiger partial charge in [0, 0.05) is 0 Å². The Labute approximate surface area is 89.4 Å². The summed E-state index contributed by atoms with van der Waals surface area (Å²) >= 11 is 0. The van der Waals surface area contributed by atoms with E-state index in [4.69, 9.17) is 9.84 Å². The summed E-state index contributed by atoms with van der Waals surface area (Å²) in [6, 6.07) is 0. The predicted octanol–water partition coefficient (Wildman–Crippen LogP) is 3.18. The second-order valence-corrected chi connectivity index (χ2v) is 3.26. The van der Waals surface area contributed by atoms with Gasteiger partial charge in [0.2, 0.25) is 0 Å². The molecule has 0 aromatic rings. The Bertz CT molecular complexity index is 202. The highest BCUT2D eigenvalue weighted by atomic mass is 16.8. The number of hydrogen-bond acceptors (Lipinski definition) is 4. The summed E-state index contributed by atoms with van der Waals surface area (Å²) in [7, 11) is 0.